The van der Waals surface area contributed by atoms with Crippen LogP contribution in [0.15, 0.2) is 24.5 Å². The average Bonchev–Trinajstić information content (AvgIpc) is 3.44. The van der Waals surface area contributed by atoms with Crippen molar-refractivity contribution in [2.45, 2.75) is 58.3 Å². The molecule has 2 aliphatic heterocycles. The highest BCUT2D eigenvalue weighted by Gasteiger charge is 2.36. The molecule has 4 heterocycles. The summed E-state index contributed by atoms with van der Waals surface area (Å²) in [6.45, 7) is 7.87. The van der Waals surface area contributed by atoms with E-state index in [4.69, 9.17) is 16.3 Å². The van der Waals surface area contributed by atoms with Gasteiger partial charge in [-0.15, -0.1) is 11.3 Å². The first-order chi connectivity index (χ1) is 16.2. The van der Waals surface area contributed by atoms with E-state index in [9.17, 15) is 9.90 Å². The molecule has 180 valence electrons. The van der Waals surface area contributed by atoms with Crippen molar-refractivity contribution in [3.63, 3.8) is 0 Å². The number of carbonyl (C=O) groups excluding carboxylic acids is 1. The van der Waals surface area contributed by atoms with Crippen LogP contribution in [0, 0.1) is 0 Å². The highest BCUT2D eigenvalue weighted by molar-refractivity contribution is 7.19. The number of amides is 1. The standard InChI is InChI=1S/C25H29ClN4O3S/c1-25(2,3)33-24(32)29-8-6-17(12-29)30-7-4-5-15-9-16(26)10-19(22(15)30)21-23-20(27-14-28-21)11-18(13-31)34-23/h9-11,14,17,31H,4-8,12-13H2,1-3H3/t17-/m1/s1. The van der Waals surface area contributed by atoms with E-state index in [1.165, 1.54) is 16.9 Å². The second-order valence-electron chi connectivity index (χ2n) is 9.93. The second-order valence-corrected chi connectivity index (χ2v) is 11.5. The zero-order chi connectivity index (χ0) is 24.0. The third-order valence-electron chi connectivity index (χ3n) is 6.32. The Balaban J connectivity index is 1.53. The quantitative estimate of drug-likeness (QED) is 0.528. The van der Waals surface area contributed by atoms with Crippen LogP contribution in [0.2, 0.25) is 5.02 Å². The van der Waals surface area contributed by atoms with Crippen LogP contribution < -0.4 is 4.90 Å². The van der Waals surface area contributed by atoms with Gasteiger partial charge in [0.1, 0.15) is 11.9 Å². The third-order valence-corrected chi connectivity index (χ3v) is 7.65. The van der Waals surface area contributed by atoms with E-state index in [0.29, 0.717) is 18.1 Å². The molecule has 1 atom stereocenters. The predicted octanol–water partition coefficient (Wildman–Crippen LogP) is 5.27. The van der Waals surface area contributed by atoms with E-state index in [2.05, 4.69) is 20.9 Å². The maximum atomic E-state index is 12.7. The highest BCUT2D eigenvalue weighted by Crippen LogP contribution is 2.44. The summed E-state index contributed by atoms with van der Waals surface area (Å²) >= 11 is 8.09. The number of aliphatic hydroxyl groups is 1. The Bertz CT molecular complexity index is 1240. The molecule has 2 aliphatic rings. The number of hydrogen-bond donors (Lipinski definition) is 1. The number of carbonyl (C=O) groups is 1. The Morgan fingerprint density at radius 2 is 2.09 bits per heavy atom. The van der Waals surface area contributed by atoms with Crippen LogP contribution in [0.4, 0.5) is 10.5 Å². The largest absolute Gasteiger partial charge is 0.444 e. The molecule has 0 spiro atoms. The number of fused-ring (bicyclic) bond motifs is 2. The van der Waals surface area contributed by atoms with Crippen molar-refractivity contribution in [3.8, 4) is 11.3 Å². The van der Waals surface area contributed by atoms with Crippen LogP contribution in [0.3, 0.4) is 0 Å². The van der Waals surface area contributed by atoms with Crippen molar-refractivity contribution in [2.75, 3.05) is 24.5 Å². The molecule has 5 rings (SSSR count). The summed E-state index contributed by atoms with van der Waals surface area (Å²) in [5.74, 6) is 0. The minimum Gasteiger partial charge on any atom is -0.444 e. The Kier molecular flexibility index (Phi) is 6.16. The summed E-state index contributed by atoms with van der Waals surface area (Å²) in [4.78, 5) is 26.9. The fraction of sp³-hybridized carbons (Fsp3) is 0.480. The lowest BCUT2D eigenvalue weighted by molar-refractivity contribution is 0.0292. The molecule has 0 radical (unpaired) electrons. The first-order valence-corrected chi connectivity index (χ1v) is 12.8. The lowest BCUT2D eigenvalue weighted by Crippen LogP contribution is -2.43. The Morgan fingerprint density at radius 3 is 2.85 bits per heavy atom. The number of aliphatic hydroxyl groups excluding tert-OH is 1. The fourth-order valence-electron chi connectivity index (χ4n) is 4.94. The molecule has 0 aliphatic carbocycles. The molecule has 34 heavy (non-hydrogen) atoms. The normalized spacial score (nSPS) is 18.4. The number of likely N-dealkylation sites (tertiary alicyclic amines) is 1. The SMILES string of the molecule is CC(C)(C)OC(=O)N1CC[C@@H](N2CCCc3cc(Cl)cc(-c4ncnc5cc(CO)sc45)c32)C1. The molecule has 1 aromatic carbocycles. The van der Waals surface area contributed by atoms with Gasteiger partial charge in [-0.25, -0.2) is 14.8 Å². The van der Waals surface area contributed by atoms with Crippen molar-refractivity contribution in [2.24, 2.45) is 0 Å². The van der Waals surface area contributed by atoms with E-state index in [-0.39, 0.29) is 18.7 Å². The molecule has 0 unspecified atom stereocenters. The van der Waals surface area contributed by atoms with Gasteiger partial charge in [0.2, 0.25) is 0 Å². The van der Waals surface area contributed by atoms with E-state index in [1.807, 2.05) is 37.8 Å². The number of aromatic nitrogens is 2. The molecule has 1 N–H and O–H groups in total. The van der Waals surface area contributed by atoms with Gasteiger partial charge in [0, 0.05) is 46.8 Å². The Hall–Kier alpha value is -2.42. The van der Waals surface area contributed by atoms with Crippen LogP contribution in [-0.4, -0.2) is 57.3 Å². The zero-order valence-corrected chi connectivity index (χ0v) is 21.2. The van der Waals surface area contributed by atoms with Gasteiger partial charge in [0.25, 0.3) is 0 Å². The lowest BCUT2D eigenvalue weighted by atomic mass is 9.94. The van der Waals surface area contributed by atoms with Crippen LogP contribution in [0.1, 0.15) is 44.1 Å². The third kappa shape index (κ3) is 4.46. The summed E-state index contributed by atoms with van der Waals surface area (Å²) in [5.41, 5.74) is 4.48. The highest BCUT2D eigenvalue weighted by atomic mass is 35.5. The van der Waals surface area contributed by atoms with Gasteiger partial charge < -0.3 is 19.6 Å². The predicted molar refractivity (Wildman–Crippen MR) is 136 cm³/mol. The second kappa shape index (κ2) is 8.98. The smallest absolute Gasteiger partial charge is 0.410 e. The van der Waals surface area contributed by atoms with E-state index < -0.39 is 5.60 Å². The molecule has 1 saturated heterocycles. The average molecular weight is 501 g/mol. The number of hydrogen-bond acceptors (Lipinski definition) is 7. The van der Waals surface area contributed by atoms with E-state index in [1.54, 1.807) is 6.33 Å². The number of thiophene rings is 1. The lowest BCUT2D eigenvalue weighted by Gasteiger charge is -2.38. The van der Waals surface area contributed by atoms with Crippen LogP contribution >= 0.6 is 22.9 Å². The van der Waals surface area contributed by atoms with Gasteiger partial charge >= 0.3 is 6.09 Å². The van der Waals surface area contributed by atoms with Gasteiger partial charge in [-0.1, -0.05) is 11.6 Å². The van der Waals surface area contributed by atoms with Gasteiger partial charge in [0.05, 0.1) is 22.5 Å². The number of benzene rings is 1. The number of aryl methyl sites for hydroxylation is 1. The van der Waals surface area contributed by atoms with Crippen LogP contribution in [0.5, 0.6) is 0 Å². The van der Waals surface area contributed by atoms with Crippen molar-refractivity contribution < 1.29 is 14.6 Å². The van der Waals surface area contributed by atoms with Gasteiger partial charge in [-0.3, -0.25) is 0 Å². The Labute approximate surface area is 208 Å². The van der Waals surface area contributed by atoms with Crippen molar-refractivity contribution in [3.05, 3.63) is 40.0 Å². The van der Waals surface area contributed by atoms with Gasteiger partial charge in [-0.05, 0) is 63.8 Å². The fourth-order valence-corrected chi connectivity index (χ4v) is 6.16. The molecule has 0 bridgehead atoms. The van der Waals surface area contributed by atoms with Crippen LogP contribution in [-0.2, 0) is 17.8 Å². The van der Waals surface area contributed by atoms with Gasteiger partial charge in [0.15, 0.2) is 0 Å². The number of nitrogens with zero attached hydrogens (tertiary/aromatic N) is 4. The van der Waals surface area contributed by atoms with Crippen molar-refractivity contribution >= 4 is 44.9 Å². The summed E-state index contributed by atoms with van der Waals surface area (Å²) in [6, 6.07) is 6.15. The minimum absolute atomic E-state index is 0.0250. The molecule has 2 aromatic heterocycles. The monoisotopic (exact) mass is 500 g/mol. The van der Waals surface area contributed by atoms with Gasteiger partial charge in [-0.2, -0.15) is 0 Å². The molecular formula is C25H29ClN4O3S. The topological polar surface area (TPSA) is 78.8 Å². The van der Waals surface area contributed by atoms with Crippen LogP contribution in [0.25, 0.3) is 21.5 Å². The minimum atomic E-state index is -0.511. The molecular weight excluding hydrogens is 472 g/mol. The van der Waals surface area contributed by atoms with E-state index in [0.717, 1.165) is 57.8 Å². The Morgan fingerprint density at radius 1 is 1.26 bits per heavy atom. The number of anilines is 1. The maximum Gasteiger partial charge on any atom is 0.410 e. The first kappa shape index (κ1) is 23.3. The zero-order valence-electron chi connectivity index (χ0n) is 19.7. The maximum absolute atomic E-state index is 12.7. The molecule has 1 amide bonds. The molecule has 7 nitrogen and oxygen atoms in total. The molecule has 9 heteroatoms. The summed E-state index contributed by atoms with van der Waals surface area (Å²) in [7, 11) is 0. The molecule has 1 fully saturated rings. The van der Waals surface area contributed by atoms with Crippen molar-refractivity contribution in [1.29, 1.82) is 0 Å². The van der Waals surface area contributed by atoms with E-state index >= 15 is 0 Å². The summed E-state index contributed by atoms with van der Waals surface area (Å²) in [6.07, 6.45) is 4.18. The number of ether oxygens (including phenoxy) is 1. The summed E-state index contributed by atoms with van der Waals surface area (Å²) in [5, 5.41) is 10.3. The van der Waals surface area contributed by atoms with Crippen molar-refractivity contribution in [1.82, 2.24) is 14.9 Å². The summed E-state index contributed by atoms with van der Waals surface area (Å²) < 4.78 is 6.56. The first-order valence-electron chi connectivity index (χ1n) is 11.6. The number of halogens is 1. The molecule has 3 aromatic rings. The molecule has 0 saturated carbocycles. The number of rotatable bonds is 3.